The van der Waals surface area contributed by atoms with Crippen molar-refractivity contribution in [2.45, 2.75) is 56.8 Å². The minimum Gasteiger partial charge on any atom is -0.353 e. The summed E-state index contributed by atoms with van der Waals surface area (Å²) in [4.78, 5) is 13.3. The lowest BCUT2D eigenvalue weighted by Crippen LogP contribution is -2.33. The second-order valence-corrected chi connectivity index (χ2v) is 7.71. The smallest absolute Gasteiger partial charge is 0.230 e. The second kappa shape index (κ2) is 7.97. The third kappa shape index (κ3) is 4.35. The van der Waals surface area contributed by atoms with Crippen LogP contribution in [0.1, 0.15) is 43.3 Å². The van der Waals surface area contributed by atoms with Crippen LogP contribution in [-0.2, 0) is 17.8 Å². The predicted molar refractivity (Wildman–Crippen MR) is 93.9 cm³/mol. The van der Waals surface area contributed by atoms with E-state index in [2.05, 4.69) is 44.5 Å². The van der Waals surface area contributed by atoms with Gasteiger partial charge < -0.3 is 9.88 Å². The molecule has 0 atom stereocenters. The molecule has 1 N–H and O–H groups in total. The fourth-order valence-corrected chi connectivity index (χ4v) is 4.45. The summed E-state index contributed by atoms with van der Waals surface area (Å²) in [7, 11) is 0. The maximum absolute atomic E-state index is 12.0. The zero-order valence-electron chi connectivity index (χ0n) is 13.3. The number of nitrogens with zero attached hydrogens (tertiary/aromatic N) is 3. The first-order chi connectivity index (χ1) is 11.3. The standard InChI is InChI=1S/C16H22N4OS2/c1-2-20-14(10-13-8-5-9-22-13)18-19-16(20)23-11-15(21)17-12-6-3-4-7-12/h5,8-9,12H,2-4,6-7,10-11H2,1H3,(H,17,21). The summed E-state index contributed by atoms with van der Waals surface area (Å²) in [5, 5.41) is 14.6. The van der Waals surface area contributed by atoms with E-state index in [-0.39, 0.29) is 5.91 Å². The van der Waals surface area contributed by atoms with E-state index in [9.17, 15) is 4.79 Å². The molecule has 124 valence electrons. The minimum absolute atomic E-state index is 0.104. The lowest BCUT2D eigenvalue weighted by Gasteiger charge is -2.11. The Morgan fingerprint density at radius 3 is 2.96 bits per heavy atom. The maximum atomic E-state index is 12.0. The molecule has 0 radical (unpaired) electrons. The number of aromatic nitrogens is 3. The van der Waals surface area contributed by atoms with E-state index in [1.165, 1.54) is 29.5 Å². The number of hydrogen-bond donors (Lipinski definition) is 1. The Morgan fingerprint density at radius 1 is 1.43 bits per heavy atom. The number of thioether (sulfide) groups is 1. The maximum Gasteiger partial charge on any atom is 0.230 e. The van der Waals surface area contributed by atoms with Crippen LogP contribution in [0.15, 0.2) is 22.7 Å². The Hall–Kier alpha value is -1.34. The summed E-state index contributed by atoms with van der Waals surface area (Å²) < 4.78 is 2.10. The average Bonchev–Trinajstić information content (AvgIpc) is 3.27. The third-order valence-corrected chi connectivity index (χ3v) is 5.92. The van der Waals surface area contributed by atoms with Crippen molar-refractivity contribution in [2.75, 3.05) is 5.75 Å². The highest BCUT2D eigenvalue weighted by molar-refractivity contribution is 7.99. The fourth-order valence-electron chi connectivity index (χ4n) is 2.91. The molecule has 2 heterocycles. The molecule has 1 fully saturated rings. The molecule has 0 saturated heterocycles. The molecular weight excluding hydrogens is 328 g/mol. The Morgan fingerprint density at radius 2 is 2.26 bits per heavy atom. The summed E-state index contributed by atoms with van der Waals surface area (Å²) in [6.45, 7) is 2.91. The van der Waals surface area contributed by atoms with Crippen LogP contribution in [-0.4, -0.2) is 32.5 Å². The van der Waals surface area contributed by atoms with Crippen molar-refractivity contribution in [3.63, 3.8) is 0 Å². The van der Waals surface area contributed by atoms with Crippen LogP contribution in [0.4, 0.5) is 0 Å². The highest BCUT2D eigenvalue weighted by Crippen LogP contribution is 2.21. The van der Waals surface area contributed by atoms with Gasteiger partial charge >= 0.3 is 0 Å². The van der Waals surface area contributed by atoms with Crippen molar-refractivity contribution in [3.05, 3.63) is 28.2 Å². The molecule has 0 aromatic carbocycles. The molecule has 2 aromatic heterocycles. The Balaban J connectivity index is 1.57. The van der Waals surface area contributed by atoms with Gasteiger partial charge in [0.25, 0.3) is 0 Å². The van der Waals surface area contributed by atoms with Crippen LogP contribution < -0.4 is 5.32 Å². The van der Waals surface area contributed by atoms with Gasteiger partial charge in [0.15, 0.2) is 5.16 Å². The predicted octanol–water partition coefficient (Wildman–Crippen LogP) is 3.10. The van der Waals surface area contributed by atoms with Crippen LogP contribution in [0.5, 0.6) is 0 Å². The number of thiophene rings is 1. The van der Waals surface area contributed by atoms with Crippen LogP contribution in [0, 0.1) is 0 Å². The first-order valence-electron chi connectivity index (χ1n) is 8.13. The molecule has 0 bridgehead atoms. The van der Waals surface area contributed by atoms with Crippen molar-refractivity contribution in [2.24, 2.45) is 0 Å². The highest BCUT2D eigenvalue weighted by atomic mass is 32.2. The lowest BCUT2D eigenvalue weighted by molar-refractivity contribution is -0.119. The molecule has 5 nitrogen and oxygen atoms in total. The minimum atomic E-state index is 0.104. The van der Waals surface area contributed by atoms with Gasteiger partial charge in [0.05, 0.1) is 5.75 Å². The van der Waals surface area contributed by atoms with E-state index in [1.54, 1.807) is 11.3 Å². The average molecular weight is 351 g/mol. The van der Waals surface area contributed by atoms with Gasteiger partial charge in [-0.05, 0) is 31.2 Å². The molecule has 1 saturated carbocycles. The summed E-state index contributed by atoms with van der Waals surface area (Å²) >= 11 is 3.21. The number of carbonyl (C=O) groups excluding carboxylic acids is 1. The third-order valence-electron chi connectivity index (χ3n) is 4.07. The number of hydrogen-bond acceptors (Lipinski definition) is 5. The van der Waals surface area contributed by atoms with E-state index >= 15 is 0 Å². The van der Waals surface area contributed by atoms with Gasteiger partial charge in [-0.15, -0.1) is 21.5 Å². The van der Waals surface area contributed by atoms with Gasteiger partial charge in [-0.2, -0.15) is 0 Å². The van der Waals surface area contributed by atoms with Crippen molar-refractivity contribution in [3.8, 4) is 0 Å². The van der Waals surface area contributed by atoms with Gasteiger partial charge in [-0.25, -0.2) is 0 Å². The molecule has 0 spiro atoms. The van der Waals surface area contributed by atoms with Gasteiger partial charge in [-0.1, -0.05) is 30.7 Å². The molecule has 1 amide bonds. The van der Waals surface area contributed by atoms with E-state index in [0.717, 1.165) is 36.8 Å². The molecular formula is C16H22N4OS2. The molecule has 7 heteroatoms. The van der Waals surface area contributed by atoms with Crippen molar-refractivity contribution >= 4 is 29.0 Å². The Kier molecular flexibility index (Phi) is 5.72. The lowest BCUT2D eigenvalue weighted by atomic mass is 10.2. The zero-order valence-corrected chi connectivity index (χ0v) is 15.0. The van der Waals surface area contributed by atoms with Crippen molar-refractivity contribution in [1.82, 2.24) is 20.1 Å². The van der Waals surface area contributed by atoms with E-state index in [4.69, 9.17) is 0 Å². The monoisotopic (exact) mass is 350 g/mol. The summed E-state index contributed by atoms with van der Waals surface area (Å²) in [6, 6.07) is 4.54. The first kappa shape index (κ1) is 16.5. The Bertz CT molecular complexity index is 633. The molecule has 0 aliphatic heterocycles. The zero-order chi connectivity index (χ0) is 16.1. The van der Waals surface area contributed by atoms with Crippen molar-refractivity contribution < 1.29 is 4.79 Å². The number of rotatable bonds is 7. The van der Waals surface area contributed by atoms with Gasteiger partial charge in [0, 0.05) is 23.9 Å². The van der Waals surface area contributed by atoms with Crippen LogP contribution >= 0.6 is 23.1 Å². The van der Waals surface area contributed by atoms with Gasteiger partial charge in [0.1, 0.15) is 5.82 Å². The summed E-state index contributed by atoms with van der Waals surface area (Å²) in [5.74, 6) is 1.48. The molecule has 2 aromatic rings. The fraction of sp³-hybridized carbons (Fsp3) is 0.562. The number of carbonyl (C=O) groups is 1. The topological polar surface area (TPSA) is 59.8 Å². The quantitative estimate of drug-likeness (QED) is 0.780. The SMILES string of the molecule is CCn1c(Cc2cccs2)nnc1SCC(=O)NC1CCCC1. The van der Waals surface area contributed by atoms with Crippen LogP contribution in [0.2, 0.25) is 0 Å². The summed E-state index contributed by atoms with van der Waals surface area (Å²) in [6.07, 6.45) is 5.50. The van der Waals surface area contributed by atoms with Crippen molar-refractivity contribution in [1.29, 1.82) is 0 Å². The van der Waals surface area contributed by atoms with Gasteiger partial charge in [-0.3, -0.25) is 4.79 Å². The number of nitrogens with one attached hydrogen (secondary N) is 1. The molecule has 1 aliphatic carbocycles. The second-order valence-electron chi connectivity index (χ2n) is 5.74. The van der Waals surface area contributed by atoms with E-state index < -0.39 is 0 Å². The largest absolute Gasteiger partial charge is 0.353 e. The van der Waals surface area contributed by atoms with Crippen LogP contribution in [0.3, 0.4) is 0 Å². The highest BCUT2D eigenvalue weighted by Gasteiger charge is 2.18. The van der Waals surface area contributed by atoms with Gasteiger partial charge in [0.2, 0.25) is 5.91 Å². The molecule has 3 rings (SSSR count). The number of amides is 1. The van der Waals surface area contributed by atoms with E-state index in [0.29, 0.717) is 11.8 Å². The van der Waals surface area contributed by atoms with Crippen LogP contribution in [0.25, 0.3) is 0 Å². The Labute approximate surface area is 144 Å². The van der Waals surface area contributed by atoms with E-state index in [1.807, 2.05) is 0 Å². The molecule has 0 unspecified atom stereocenters. The summed E-state index contributed by atoms with van der Waals surface area (Å²) in [5.41, 5.74) is 0. The molecule has 23 heavy (non-hydrogen) atoms. The first-order valence-corrected chi connectivity index (χ1v) is 9.99. The molecule has 1 aliphatic rings. The normalized spacial score (nSPS) is 15.2.